The van der Waals surface area contributed by atoms with E-state index in [1.54, 1.807) is 24.3 Å². The summed E-state index contributed by atoms with van der Waals surface area (Å²) in [5.41, 5.74) is 0.453. The van der Waals surface area contributed by atoms with Crippen LogP contribution in [0.25, 0.3) is 21.6 Å². The van der Waals surface area contributed by atoms with Crippen molar-refractivity contribution in [1.82, 2.24) is 29.8 Å². The van der Waals surface area contributed by atoms with E-state index in [-0.39, 0.29) is 16.8 Å². The largest absolute Gasteiger partial charge is 0.477 e. The number of aromatic amines is 1. The van der Waals surface area contributed by atoms with Gasteiger partial charge in [0.1, 0.15) is 9.71 Å². The van der Waals surface area contributed by atoms with Gasteiger partial charge in [-0.05, 0) is 16.8 Å². The van der Waals surface area contributed by atoms with E-state index >= 15 is 0 Å². The summed E-state index contributed by atoms with van der Waals surface area (Å²) in [6, 6.07) is 8.36. The van der Waals surface area contributed by atoms with Gasteiger partial charge in [0.2, 0.25) is 5.82 Å². The highest BCUT2D eigenvalue weighted by Gasteiger charge is 2.17. The minimum atomic E-state index is -1.13. The van der Waals surface area contributed by atoms with Crippen LogP contribution in [0, 0.1) is 0 Å². The van der Waals surface area contributed by atoms with Crippen LogP contribution >= 0.6 is 11.3 Å². The number of fused-ring (bicyclic) bond motifs is 1. The fraction of sp³-hybridized carbons (Fsp3) is 0.125. The molecule has 0 amide bonds. The molecule has 2 N–H and O–H groups in total. The van der Waals surface area contributed by atoms with Gasteiger partial charge in [-0.2, -0.15) is 5.21 Å². The first-order chi connectivity index (χ1) is 13.0. The topological polar surface area (TPSA) is 136 Å². The lowest BCUT2D eigenvalue weighted by molar-refractivity contribution is 0.0702. The SMILES string of the molecule is Cn1c(=O)n(Cc2ccc(-c3nn[nH]n3)cc2)c(=O)c2cc(C(=O)O)sc21. The maximum atomic E-state index is 12.7. The molecule has 11 heteroatoms. The van der Waals surface area contributed by atoms with Crippen LogP contribution in [0.2, 0.25) is 0 Å². The molecule has 4 rings (SSSR count). The zero-order valence-electron chi connectivity index (χ0n) is 13.9. The number of benzene rings is 1. The van der Waals surface area contributed by atoms with Gasteiger partial charge in [-0.15, -0.1) is 21.5 Å². The summed E-state index contributed by atoms with van der Waals surface area (Å²) in [6.07, 6.45) is 0. The second-order valence-corrected chi connectivity index (χ2v) is 6.83. The molecule has 0 radical (unpaired) electrons. The van der Waals surface area contributed by atoms with Crippen molar-refractivity contribution in [2.24, 2.45) is 7.05 Å². The molecule has 4 aromatic rings. The zero-order valence-corrected chi connectivity index (χ0v) is 14.7. The molecule has 27 heavy (non-hydrogen) atoms. The molecule has 0 saturated carbocycles. The quantitative estimate of drug-likeness (QED) is 0.528. The summed E-state index contributed by atoms with van der Waals surface area (Å²) >= 11 is 0.903. The number of carboxylic acids is 1. The first-order valence-corrected chi connectivity index (χ1v) is 8.57. The zero-order chi connectivity index (χ0) is 19.1. The Hall–Kier alpha value is -3.60. The number of hydrogen-bond acceptors (Lipinski definition) is 7. The molecule has 0 fully saturated rings. The highest BCUT2D eigenvalue weighted by molar-refractivity contribution is 7.20. The minimum absolute atomic E-state index is 0.0133. The molecular weight excluding hydrogens is 372 g/mol. The molecule has 136 valence electrons. The van der Waals surface area contributed by atoms with Gasteiger partial charge in [-0.1, -0.05) is 24.3 Å². The third kappa shape index (κ3) is 2.83. The van der Waals surface area contributed by atoms with Gasteiger partial charge in [0.15, 0.2) is 0 Å². The van der Waals surface area contributed by atoms with Crippen LogP contribution < -0.4 is 11.2 Å². The van der Waals surface area contributed by atoms with E-state index in [9.17, 15) is 14.4 Å². The van der Waals surface area contributed by atoms with Crippen molar-refractivity contribution in [3.8, 4) is 11.4 Å². The Balaban J connectivity index is 1.77. The number of aromatic nitrogens is 6. The number of aromatic carboxylic acids is 1. The maximum absolute atomic E-state index is 12.7. The third-order valence-corrected chi connectivity index (χ3v) is 5.32. The molecule has 0 aliphatic rings. The number of hydrogen-bond donors (Lipinski definition) is 2. The molecule has 10 nitrogen and oxygen atoms in total. The second kappa shape index (κ2) is 6.29. The third-order valence-electron chi connectivity index (χ3n) is 4.12. The van der Waals surface area contributed by atoms with Gasteiger partial charge < -0.3 is 5.11 Å². The molecule has 0 atom stereocenters. The Kier molecular flexibility index (Phi) is 3.92. The molecule has 0 aliphatic carbocycles. The average molecular weight is 384 g/mol. The summed E-state index contributed by atoms with van der Waals surface area (Å²) in [7, 11) is 1.52. The Morgan fingerprint density at radius 1 is 1.26 bits per heavy atom. The summed E-state index contributed by atoms with van der Waals surface area (Å²) < 4.78 is 2.38. The summed E-state index contributed by atoms with van der Waals surface area (Å²) in [5, 5.41) is 23.0. The number of aryl methyl sites for hydroxylation is 1. The highest BCUT2D eigenvalue weighted by atomic mass is 32.1. The average Bonchev–Trinajstić information content (AvgIpc) is 3.34. The standard InChI is InChI=1S/C16H12N6O4S/c1-21-14-10(6-11(27-14)15(24)25)13(23)22(16(21)26)7-8-2-4-9(5-3-8)12-17-19-20-18-12/h2-6H,7H2,1H3,(H,24,25)(H,17,18,19,20). The Morgan fingerprint density at radius 2 is 2.00 bits per heavy atom. The van der Waals surface area contributed by atoms with Crippen molar-refractivity contribution >= 4 is 27.5 Å². The van der Waals surface area contributed by atoms with E-state index < -0.39 is 17.2 Å². The molecule has 0 bridgehead atoms. The Morgan fingerprint density at radius 3 is 2.63 bits per heavy atom. The number of thiophene rings is 1. The number of nitrogens with zero attached hydrogens (tertiary/aromatic N) is 5. The predicted octanol–water partition coefficient (Wildman–Crippen LogP) is 0.688. The lowest BCUT2D eigenvalue weighted by Crippen LogP contribution is -2.38. The van der Waals surface area contributed by atoms with Gasteiger partial charge in [0.25, 0.3) is 5.56 Å². The van der Waals surface area contributed by atoms with Crippen molar-refractivity contribution in [2.45, 2.75) is 6.54 Å². The smallest absolute Gasteiger partial charge is 0.345 e. The van der Waals surface area contributed by atoms with Gasteiger partial charge in [0, 0.05) is 12.6 Å². The first kappa shape index (κ1) is 16.8. The fourth-order valence-electron chi connectivity index (χ4n) is 2.75. The summed E-state index contributed by atoms with van der Waals surface area (Å²) in [5.74, 6) is -0.692. The van der Waals surface area contributed by atoms with Crippen LogP contribution in [-0.4, -0.2) is 40.8 Å². The highest BCUT2D eigenvalue weighted by Crippen LogP contribution is 2.21. The van der Waals surface area contributed by atoms with E-state index in [2.05, 4.69) is 20.6 Å². The van der Waals surface area contributed by atoms with Crippen LogP contribution in [0.4, 0.5) is 0 Å². The van der Waals surface area contributed by atoms with E-state index in [4.69, 9.17) is 5.11 Å². The van der Waals surface area contributed by atoms with E-state index in [0.29, 0.717) is 10.7 Å². The molecule has 3 heterocycles. The maximum Gasteiger partial charge on any atom is 0.345 e. The van der Waals surface area contributed by atoms with Crippen LogP contribution in [0.3, 0.4) is 0 Å². The molecular formula is C16H12N6O4S. The molecule has 0 aliphatic heterocycles. The molecule has 0 unspecified atom stereocenters. The van der Waals surface area contributed by atoms with Crippen molar-refractivity contribution in [3.05, 3.63) is 61.6 Å². The predicted molar refractivity (Wildman–Crippen MR) is 97.0 cm³/mol. The van der Waals surface area contributed by atoms with Crippen LogP contribution in [0.15, 0.2) is 39.9 Å². The van der Waals surface area contributed by atoms with Gasteiger partial charge >= 0.3 is 11.7 Å². The van der Waals surface area contributed by atoms with Crippen LogP contribution in [-0.2, 0) is 13.6 Å². The number of rotatable bonds is 4. The van der Waals surface area contributed by atoms with Crippen molar-refractivity contribution < 1.29 is 9.90 Å². The van der Waals surface area contributed by atoms with Gasteiger partial charge in [-0.25, -0.2) is 9.59 Å². The van der Waals surface area contributed by atoms with Crippen molar-refractivity contribution in [1.29, 1.82) is 0 Å². The minimum Gasteiger partial charge on any atom is -0.477 e. The van der Waals surface area contributed by atoms with E-state index in [1.807, 2.05) is 0 Å². The normalized spacial score (nSPS) is 11.1. The molecule has 0 spiro atoms. The van der Waals surface area contributed by atoms with Crippen LogP contribution in [0.5, 0.6) is 0 Å². The Labute approximate surface area is 154 Å². The van der Waals surface area contributed by atoms with Crippen LogP contribution in [0.1, 0.15) is 15.2 Å². The first-order valence-electron chi connectivity index (χ1n) is 7.75. The number of carboxylic acid groups (broad SMARTS) is 1. The number of nitrogens with one attached hydrogen (secondary N) is 1. The van der Waals surface area contributed by atoms with Gasteiger partial charge in [-0.3, -0.25) is 13.9 Å². The number of tetrazole rings is 1. The molecule has 3 aromatic heterocycles. The lowest BCUT2D eigenvalue weighted by atomic mass is 10.1. The molecule has 0 saturated heterocycles. The van der Waals surface area contributed by atoms with Gasteiger partial charge in [0.05, 0.1) is 11.9 Å². The van der Waals surface area contributed by atoms with Crippen molar-refractivity contribution in [3.63, 3.8) is 0 Å². The molecule has 1 aromatic carbocycles. The van der Waals surface area contributed by atoms with E-state index in [1.165, 1.54) is 17.7 Å². The lowest BCUT2D eigenvalue weighted by Gasteiger charge is -2.08. The number of carbonyl (C=O) groups is 1. The fourth-order valence-corrected chi connectivity index (χ4v) is 3.70. The van der Waals surface area contributed by atoms with Crippen molar-refractivity contribution in [2.75, 3.05) is 0 Å². The Bertz CT molecular complexity index is 1270. The summed E-state index contributed by atoms with van der Waals surface area (Å²) in [6.45, 7) is 0.0617. The van der Waals surface area contributed by atoms with E-state index in [0.717, 1.165) is 27.0 Å². The second-order valence-electron chi connectivity index (χ2n) is 5.80. The number of H-pyrrole nitrogens is 1. The monoisotopic (exact) mass is 384 g/mol. The summed E-state index contributed by atoms with van der Waals surface area (Å²) in [4.78, 5) is 36.9.